The average Bonchev–Trinajstić information content (AvgIpc) is 2.66. The molecule has 0 aliphatic carbocycles. The Kier molecular flexibility index (Phi) is 8.66. The summed E-state index contributed by atoms with van der Waals surface area (Å²) >= 11 is 0. The molecular formula is C24H22O10. The van der Waals surface area contributed by atoms with Gasteiger partial charge in [0, 0.05) is 40.7 Å². The maximum atomic E-state index is 11.6. The van der Waals surface area contributed by atoms with Crippen LogP contribution in [0.4, 0.5) is 0 Å². The molecule has 0 amide bonds. The molecule has 0 heterocycles. The lowest BCUT2D eigenvalue weighted by molar-refractivity contribution is -0.135. The molecule has 10 nitrogen and oxygen atoms in total. The minimum Gasteiger partial charge on any atom is -0.427 e. The van der Waals surface area contributed by atoms with Crippen molar-refractivity contribution in [3.8, 4) is 28.7 Å². The van der Waals surface area contributed by atoms with Crippen LogP contribution in [0.25, 0.3) is 12.2 Å². The van der Waals surface area contributed by atoms with E-state index < -0.39 is 29.8 Å². The highest BCUT2D eigenvalue weighted by Gasteiger charge is 2.19. The highest BCUT2D eigenvalue weighted by atomic mass is 16.6. The number of rotatable bonds is 7. The van der Waals surface area contributed by atoms with Crippen molar-refractivity contribution >= 4 is 42.0 Å². The first-order valence-electron chi connectivity index (χ1n) is 9.86. The minimum absolute atomic E-state index is 0.143. The first-order chi connectivity index (χ1) is 15.9. The SMILES string of the molecule is CC(=O)Oc1cc(C=Cc2cc(OC(C)=O)c(OC(C)=O)c(OC(C)=O)c2)cc(OC(C)=O)c1. The Morgan fingerprint density at radius 2 is 0.853 bits per heavy atom. The van der Waals surface area contributed by atoms with Gasteiger partial charge in [0.15, 0.2) is 11.5 Å². The highest BCUT2D eigenvalue weighted by Crippen LogP contribution is 2.40. The van der Waals surface area contributed by atoms with Gasteiger partial charge in [-0.1, -0.05) is 12.2 Å². The van der Waals surface area contributed by atoms with Gasteiger partial charge in [-0.15, -0.1) is 0 Å². The van der Waals surface area contributed by atoms with Gasteiger partial charge in [-0.05, 0) is 35.4 Å². The lowest BCUT2D eigenvalue weighted by atomic mass is 10.1. The van der Waals surface area contributed by atoms with Crippen molar-refractivity contribution in [3.63, 3.8) is 0 Å². The Morgan fingerprint density at radius 1 is 0.500 bits per heavy atom. The van der Waals surface area contributed by atoms with E-state index in [-0.39, 0.29) is 28.7 Å². The van der Waals surface area contributed by atoms with Gasteiger partial charge < -0.3 is 23.7 Å². The molecule has 0 radical (unpaired) electrons. The van der Waals surface area contributed by atoms with E-state index in [1.807, 2.05) is 0 Å². The molecule has 0 saturated heterocycles. The topological polar surface area (TPSA) is 132 Å². The van der Waals surface area contributed by atoms with E-state index in [0.717, 1.165) is 20.8 Å². The summed E-state index contributed by atoms with van der Waals surface area (Å²) in [5, 5.41) is 0. The zero-order valence-electron chi connectivity index (χ0n) is 19.1. The van der Waals surface area contributed by atoms with Crippen molar-refractivity contribution in [2.75, 3.05) is 0 Å². The standard InChI is InChI=1S/C24H22O10/c1-13(25)30-20-8-18(9-21(12-20)31-14(2)26)6-7-19-10-22(32-15(3)27)24(34-17(5)29)23(11-19)33-16(4)28/h6-12H,1-5H3. The molecule has 0 bridgehead atoms. The number of carbonyl (C=O) groups excluding carboxylic acids is 5. The van der Waals surface area contributed by atoms with Crippen LogP contribution in [0.2, 0.25) is 0 Å². The monoisotopic (exact) mass is 470 g/mol. The predicted molar refractivity (Wildman–Crippen MR) is 118 cm³/mol. The summed E-state index contributed by atoms with van der Waals surface area (Å²) in [4.78, 5) is 57.3. The summed E-state index contributed by atoms with van der Waals surface area (Å²) in [6, 6.07) is 7.22. The lowest BCUT2D eigenvalue weighted by Gasteiger charge is -2.14. The molecular weight excluding hydrogens is 448 g/mol. The first-order valence-corrected chi connectivity index (χ1v) is 9.86. The Morgan fingerprint density at radius 3 is 1.21 bits per heavy atom. The van der Waals surface area contributed by atoms with Crippen LogP contribution in [-0.4, -0.2) is 29.8 Å². The van der Waals surface area contributed by atoms with Crippen LogP contribution in [0.5, 0.6) is 28.7 Å². The molecule has 0 fully saturated rings. The molecule has 0 N–H and O–H groups in total. The predicted octanol–water partition coefficient (Wildman–Crippen LogP) is 3.48. The molecule has 34 heavy (non-hydrogen) atoms. The molecule has 2 aromatic carbocycles. The van der Waals surface area contributed by atoms with E-state index in [1.165, 1.54) is 44.2 Å². The van der Waals surface area contributed by atoms with Gasteiger partial charge in [-0.25, -0.2) is 0 Å². The van der Waals surface area contributed by atoms with Crippen LogP contribution in [-0.2, 0) is 24.0 Å². The number of esters is 5. The summed E-state index contributed by atoms with van der Waals surface area (Å²) in [5.41, 5.74) is 0.887. The van der Waals surface area contributed by atoms with Crippen molar-refractivity contribution < 1.29 is 47.7 Å². The van der Waals surface area contributed by atoms with E-state index in [9.17, 15) is 24.0 Å². The van der Waals surface area contributed by atoms with Crippen molar-refractivity contribution in [2.24, 2.45) is 0 Å². The van der Waals surface area contributed by atoms with Gasteiger partial charge in [0.05, 0.1) is 0 Å². The lowest BCUT2D eigenvalue weighted by Crippen LogP contribution is -2.10. The second kappa shape index (κ2) is 11.4. The third-order valence-corrected chi connectivity index (χ3v) is 3.69. The summed E-state index contributed by atoms with van der Waals surface area (Å²) in [6.07, 6.45) is 3.14. The highest BCUT2D eigenvalue weighted by molar-refractivity contribution is 5.81. The second-order valence-electron chi connectivity index (χ2n) is 6.89. The molecule has 2 aromatic rings. The van der Waals surface area contributed by atoms with Gasteiger partial charge in [-0.2, -0.15) is 0 Å². The summed E-state index contributed by atoms with van der Waals surface area (Å²) in [6.45, 7) is 5.91. The van der Waals surface area contributed by atoms with Crippen LogP contribution < -0.4 is 23.7 Å². The maximum Gasteiger partial charge on any atom is 0.308 e. The fourth-order valence-corrected chi connectivity index (χ4v) is 2.73. The number of carbonyl (C=O) groups is 5. The number of benzene rings is 2. The van der Waals surface area contributed by atoms with E-state index >= 15 is 0 Å². The smallest absolute Gasteiger partial charge is 0.308 e. The fourth-order valence-electron chi connectivity index (χ4n) is 2.73. The summed E-state index contributed by atoms with van der Waals surface area (Å²) < 4.78 is 25.5. The molecule has 0 atom stereocenters. The quantitative estimate of drug-likeness (QED) is 0.336. The Balaban J connectivity index is 2.56. The molecule has 0 aromatic heterocycles. The summed E-state index contributed by atoms with van der Waals surface area (Å²) in [5.74, 6) is -3.44. The zero-order valence-corrected chi connectivity index (χ0v) is 19.1. The molecule has 0 spiro atoms. The molecule has 0 saturated carbocycles. The zero-order chi connectivity index (χ0) is 25.4. The second-order valence-corrected chi connectivity index (χ2v) is 6.89. The Labute approximate surface area is 195 Å². The van der Waals surface area contributed by atoms with Crippen LogP contribution in [0.3, 0.4) is 0 Å². The normalized spacial score (nSPS) is 10.4. The molecule has 10 heteroatoms. The minimum atomic E-state index is -0.717. The fraction of sp³-hybridized carbons (Fsp3) is 0.208. The van der Waals surface area contributed by atoms with Crippen molar-refractivity contribution in [2.45, 2.75) is 34.6 Å². The number of hydrogen-bond acceptors (Lipinski definition) is 10. The number of hydrogen-bond donors (Lipinski definition) is 0. The average molecular weight is 470 g/mol. The van der Waals surface area contributed by atoms with Crippen molar-refractivity contribution in [1.29, 1.82) is 0 Å². The van der Waals surface area contributed by atoms with Crippen molar-refractivity contribution in [1.82, 2.24) is 0 Å². The third-order valence-electron chi connectivity index (χ3n) is 3.69. The van der Waals surface area contributed by atoms with Gasteiger partial charge in [0.1, 0.15) is 11.5 Å². The first kappa shape index (κ1) is 25.8. The van der Waals surface area contributed by atoms with Gasteiger partial charge in [0.2, 0.25) is 5.75 Å². The van der Waals surface area contributed by atoms with Gasteiger partial charge in [-0.3, -0.25) is 24.0 Å². The molecule has 0 aliphatic heterocycles. The Hall–Kier alpha value is -4.47. The summed E-state index contributed by atoms with van der Waals surface area (Å²) in [7, 11) is 0. The molecule has 2 rings (SSSR count). The molecule has 0 unspecified atom stereocenters. The van der Waals surface area contributed by atoms with Crippen LogP contribution in [0.1, 0.15) is 45.7 Å². The van der Waals surface area contributed by atoms with Crippen LogP contribution in [0.15, 0.2) is 30.3 Å². The van der Waals surface area contributed by atoms with E-state index in [1.54, 1.807) is 12.2 Å². The Bertz CT molecular complexity index is 1110. The van der Waals surface area contributed by atoms with Gasteiger partial charge in [0.25, 0.3) is 0 Å². The van der Waals surface area contributed by atoms with Crippen LogP contribution >= 0.6 is 0 Å². The maximum absolute atomic E-state index is 11.6. The molecule has 0 aliphatic rings. The van der Waals surface area contributed by atoms with E-state index in [2.05, 4.69) is 0 Å². The third kappa shape index (κ3) is 8.23. The number of ether oxygens (including phenoxy) is 5. The van der Waals surface area contributed by atoms with E-state index in [4.69, 9.17) is 23.7 Å². The molecule has 178 valence electrons. The largest absolute Gasteiger partial charge is 0.427 e. The van der Waals surface area contributed by atoms with E-state index in [0.29, 0.717) is 11.1 Å². The van der Waals surface area contributed by atoms with Gasteiger partial charge >= 0.3 is 29.8 Å². The van der Waals surface area contributed by atoms with Crippen molar-refractivity contribution in [3.05, 3.63) is 41.5 Å². The van der Waals surface area contributed by atoms with Crippen LogP contribution in [0, 0.1) is 0 Å².